The molecule has 192 valence electrons. The summed E-state index contributed by atoms with van der Waals surface area (Å²) in [5.41, 5.74) is 4.71. The van der Waals surface area contributed by atoms with Crippen LogP contribution in [0.15, 0.2) is 65.8 Å². The summed E-state index contributed by atoms with van der Waals surface area (Å²) in [5, 5.41) is 4.67. The highest BCUT2D eigenvalue weighted by molar-refractivity contribution is 7.92. The Morgan fingerprint density at radius 1 is 1.08 bits per heavy atom. The van der Waals surface area contributed by atoms with Gasteiger partial charge in [0.1, 0.15) is 11.0 Å². The summed E-state index contributed by atoms with van der Waals surface area (Å²) < 4.78 is 36.0. The Morgan fingerprint density at radius 3 is 2.43 bits per heavy atom. The smallest absolute Gasteiger partial charge is 0.267 e. The van der Waals surface area contributed by atoms with Crippen molar-refractivity contribution in [1.82, 2.24) is 24.6 Å². The number of ether oxygens (including phenoxy) is 1. The Balaban J connectivity index is 1.38. The van der Waals surface area contributed by atoms with E-state index in [4.69, 9.17) is 16.3 Å². The summed E-state index contributed by atoms with van der Waals surface area (Å²) in [7, 11) is -2.28. The van der Waals surface area contributed by atoms with Crippen LogP contribution in [-0.4, -0.2) is 52.3 Å². The van der Waals surface area contributed by atoms with Gasteiger partial charge in [0.15, 0.2) is 0 Å². The zero-order chi connectivity index (χ0) is 26.2. The lowest BCUT2D eigenvalue weighted by Crippen LogP contribution is -2.53. The number of aromatic nitrogens is 4. The van der Waals surface area contributed by atoms with Crippen LogP contribution in [0.4, 0.5) is 5.95 Å². The van der Waals surface area contributed by atoms with E-state index in [2.05, 4.69) is 24.7 Å². The molecule has 0 aliphatic carbocycles. The van der Waals surface area contributed by atoms with Crippen LogP contribution in [0.3, 0.4) is 0 Å². The van der Waals surface area contributed by atoms with E-state index in [0.29, 0.717) is 16.6 Å². The third kappa shape index (κ3) is 5.76. The van der Waals surface area contributed by atoms with Gasteiger partial charge in [-0.3, -0.25) is 9.58 Å². The Kier molecular flexibility index (Phi) is 6.89. The van der Waals surface area contributed by atoms with Crippen LogP contribution < -0.4 is 9.46 Å². The maximum atomic E-state index is 12.9. The molecule has 0 amide bonds. The fourth-order valence-electron chi connectivity index (χ4n) is 4.34. The van der Waals surface area contributed by atoms with E-state index in [9.17, 15) is 8.42 Å². The number of aryl methyl sites for hydroxylation is 3. The average Bonchev–Trinajstić information content (AvgIpc) is 3.26. The van der Waals surface area contributed by atoms with E-state index in [1.807, 2.05) is 56.3 Å². The molecule has 37 heavy (non-hydrogen) atoms. The molecule has 1 N–H and O–H groups in total. The number of anilines is 1. The Labute approximate surface area is 221 Å². The fourth-order valence-corrected chi connectivity index (χ4v) is 5.39. The molecule has 4 aromatic rings. The van der Waals surface area contributed by atoms with Crippen molar-refractivity contribution in [3.63, 3.8) is 0 Å². The molecule has 5 rings (SSSR count). The van der Waals surface area contributed by atoms with Crippen LogP contribution in [0.5, 0.6) is 5.88 Å². The molecular weight excluding hydrogens is 512 g/mol. The minimum Gasteiger partial charge on any atom is -0.471 e. The van der Waals surface area contributed by atoms with Crippen molar-refractivity contribution >= 4 is 27.6 Å². The second-order valence-corrected chi connectivity index (χ2v) is 11.3. The van der Waals surface area contributed by atoms with Crippen molar-refractivity contribution < 1.29 is 13.2 Å². The molecule has 3 heterocycles. The second-order valence-electron chi connectivity index (χ2n) is 9.20. The highest BCUT2D eigenvalue weighted by Crippen LogP contribution is 2.30. The quantitative estimate of drug-likeness (QED) is 0.358. The van der Waals surface area contributed by atoms with Gasteiger partial charge >= 0.3 is 0 Å². The van der Waals surface area contributed by atoms with E-state index in [-0.39, 0.29) is 16.9 Å². The van der Waals surface area contributed by atoms with Crippen LogP contribution in [0.1, 0.15) is 16.7 Å². The van der Waals surface area contributed by atoms with Gasteiger partial charge in [0.25, 0.3) is 10.0 Å². The van der Waals surface area contributed by atoms with Gasteiger partial charge in [0, 0.05) is 49.5 Å². The van der Waals surface area contributed by atoms with Crippen LogP contribution in [-0.2, 0) is 23.6 Å². The Morgan fingerprint density at radius 2 is 1.78 bits per heavy atom. The maximum absolute atomic E-state index is 12.9. The Hall–Kier alpha value is -3.47. The van der Waals surface area contributed by atoms with Crippen molar-refractivity contribution in [3.8, 4) is 17.1 Å². The number of hydrogen-bond acceptors (Lipinski definition) is 7. The molecule has 1 fully saturated rings. The van der Waals surface area contributed by atoms with E-state index in [1.165, 1.54) is 22.6 Å². The van der Waals surface area contributed by atoms with Crippen LogP contribution in [0, 0.1) is 13.8 Å². The summed E-state index contributed by atoms with van der Waals surface area (Å²) >= 11 is 5.98. The minimum absolute atomic E-state index is 0.0235. The number of rotatable bonds is 8. The number of likely N-dealkylation sites (tertiary alicyclic amines) is 1. The lowest BCUT2D eigenvalue weighted by atomic mass is 10.00. The number of halogens is 1. The molecule has 1 aliphatic heterocycles. The molecule has 0 spiro atoms. The van der Waals surface area contributed by atoms with E-state index < -0.39 is 10.0 Å². The molecule has 1 aliphatic rings. The molecule has 11 heteroatoms. The van der Waals surface area contributed by atoms with Crippen molar-refractivity contribution in [2.24, 2.45) is 7.05 Å². The standard InChI is InChI=1S/C26H27ClN6O3S/c1-17-5-4-6-18(2)25(17)23-11-24(30-26(29-23)31-37(34,35)22-12-28-32(3)16-22)36-21-14-33(15-21)13-19-7-9-20(27)10-8-19/h4-12,16,21H,13-15H2,1-3H3,(H,29,30,31). The molecule has 1 saturated heterocycles. The van der Waals surface area contributed by atoms with Gasteiger partial charge < -0.3 is 4.74 Å². The molecular formula is C26H27ClN6O3S. The zero-order valence-electron chi connectivity index (χ0n) is 20.7. The minimum atomic E-state index is -3.93. The SMILES string of the molecule is Cc1cccc(C)c1-c1cc(OC2CN(Cc3ccc(Cl)cc3)C2)nc(NS(=O)(=O)c2cnn(C)c2)n1. The van der Waals surface area contributed by atoms with Crippen molar-refractivity contribution in [3.05, 3.63) is 82.6 Å². The molecule has 0 bridgehead atoms. The highest BCUT2D eigenvalue weighted by atomic mass is 35.5. The molecule has 0 radical (unpaired) electrons. The first-order valence-electron chi connectivity index (χ1n) is 11.8. The van der Waals surface area contributed by atoms with Crippen LogP contribution in [0.25, 0.3) is 11.3 Å². The number of nitrogens with one attached hydrogen (secondary N) is 1. The van der Waals surface area contributed by atoms with E-state index in [0.717, 1.165) is 36.3 Å². The van der Waals surface area contributed by atoms with Crippen LogP contribution >= 0.6 is 11.6 Å². The largest absolute Gasteiger partial charge is 0.471 e. The zero-order valence-corrected chi connectivity index (χ0v) is 22.3. The number of hydrogen-bond donors (Lipinski definition) is 1. The van der Waals surface area contributed by atoms with Crippen LogP contribution in [0.2, 0.25) is 5.02 Å². The average molecular weight is 539 g/mol. The molecule has 0 unspecified atom stereocenters. The summed E-state index contributed by atoms with van der Waals surface area (Å²) in [6.45, 7) is 6.23. The summed E-state index contributed by atoms with van der Waals surface area (Å²) in [6, 6.07) is 15.5. The van der Waals surface area contributed by atoms with Crippen molar-refractivity contribution in [1.29, 1.82) is 0 Å². The molecule has 2 aromatic carbocycles. The van der Waals surface area contributed by atoms with Gasteiger partial charge in [-0.1, -0.05) is 41.9 Å². The molecule has 9 nitrogen and oxygen atoms in total. The first-order valence-corrected chi connectivity index (χ1v) is 13.6. The van der Waals surface area contributed by atoms with Gasteiger partial charge in [-0.25, -0.2) is 18.1 Å². The normalized spacial score (nSPS) is 14.4. The topological polar surface area (TPSA) is 102 Å². The van der Waals surface area contributed by atoms with E-state index in [1.54, 1.807) is 13.1 Å². The summed E-state index contributed by atoms with van der Waals surface area (Å²) in [6.07, 6.45) is 2.62. The monoisotopic (exact) mass is 538 g/mol. The maximum Gasteiger partial charge on any atom is 0.267 e. The van der Waals surface area contributed by atoms with E-state index >= 15 is 0 Å². The fraction of sp³-hybridized carbons (Fsp3) is 0.269. The number of nitrogens with zero attached hydrogens (tertiary/aromatic N) is 5. The van der Waals surface area contributed by atoms with Gasteiger partial charge in [-0.2, -0.15) is 10.1 Å². The lowest BCUT2D eigenvalue weighted by Gasteiger charge is -2.38. The molecule has 0 saturated carbocycles. The first-order chi connectivity index (χ1) is 17.7. The number of benzene rings is 2. The predicted molar refractivity (Wildman–Crippen MR) is 142 cm³/mol. The molecule has 0 atom stereocenters. The van der Waals surface area contributed by atoms with Gasteiger partial charge in [-0.15, -0.1) is 0 Å². The lowest BCUT2D eigenvalue weighted by molar-refractivity contribution is 0.0119. The molecule has 2 aromatic heterocycles. The predicted octanol–water partition coefficient (Wildman–Crippen LogP) is 4.21. The van der Waals surface area contributed by atoms with Crippen molar-refractivity contribution in [2.75, 3.05) is 17.8 Å². The van der Waals surface area contributed by atoms with Gasteiger partial charge in [-0.05, 0) is 42.7 Å². The third-order valence-corrected chi connectivity index (χ3v) is 7.72. The summed E-state index contributed by atoms with van der Waals surface area (Å²) in [5.74, 6) is 0.254. The van der Waals surface area contributed by atoms with Gasteiger partial charge in [0.2, 0.25) is 11.8 Å². The Bertz CT molecular complexity index is 1510. The number of sulfonamides is 1. The van der Waals surface area contributed by atoms with Crippen molar-refractivity contribution in [2.45, 2.75) is 31.4 Å². The third-order valence-electron chi connectivity index (χ3n) is 6.19. The first kappa shape index (κ1) is 25.2. The highest BCUT2D eigenvalue weighted by Gasteiger charge is 2.29. The second kappa shape index (κ2) is 10.1. The van der Waals surface area contributed by atoms with Gasteiger partial charge in [0.05, 0.1) is 11.9 Å². The summed E-state index contributed by atoms with van der Waals surface area (Å²) in [4.78, 5) is 11.2.